The number of alkyl halides is 3. The fourth-order valence-corrected chi connectivity index (χ4v) is 2.25. The van der Waals surface area contributed by atoms with E-state index in [0.717, 1.165) is 11.1 Å². The van der Waals surface area contributed by atoms with Gasteiger partial charge in [0.1, 0.15) is 0 Å². The average Bonchev–Trinajstić information content (AvgIpc) is 2.40. The molecule has 1 amide bonds. The third kappa shape index (κ3) is 5.42. The van der Waals surface area contributed by atoms with Crippen molar-refractivity contribution < 1.29 is 22.2 Å². The molecule has 22 heavy (non-hydrogen) atoms. The lowest BCUT2D eigenvalue weighted by molar-refractivity contribution is -0.140. The molecule has 1 heterocycles. The fourth-order valence-electron chi connectivity index (χ4n) is 2.25. The van der Waals surface area contributed by atoms with Gasteiger partial charge >= 0.3 is 6.18 Å². The topological polar surface area (TPSA) is 63.4 Å². The second-order valence-electron chi connectivity index (χ2n) is 4.50. The van der Waals surface area contributed by atoms with Gasteiger partial charge in [0.05, 0.1) is 11.5 Å². The van der Waals surface area contributed by atoms with Gasteiger partial charge in [-0.2, -0.15) is 13.2 Å². The summed E-state index contributed by atoms with van der Waals surface area (Å²) in [4.78, 5) is 11.8. The molecule has 0 aliphatic carbocycles. The molecule has 10 heteroatoms. The predicted molar refractivity (Wildman–Crippen MR) is 79.2 cm³/mol. The molecule has 0 aromatic heterocycles. The van der Waals surface area contributed by atoms with Gasteiger partial charge < -0.3 is 0 Å². The van der Waals surface area contributed by atoms with Crippen LogP contribution in [0.4, 0.5) is 13.2 Å². The van der Waals surface area contributed by atoms with Crippen molar-refractivity contribution in [2.45, 2.75) is 24.9 Å². The van der Waals surface area contributed by atoms with Crippen LogP contribution in [-0.2, 0) is 20.2 Å². The van der Waals surface area contributed by atoms with Crippen molar-refractivity contribution in [3.8, 4) is 0 Å². The summed E-state index contributed by atoms with van der Waals surface area (Å²) in [6.45, 7) is 0.392. The number of hydrazine groups is 1. The number of nitrogens with zero attached hydrogens (tertiary/aromatic N) is 1. The monoisotopic (exact) mass is 376 g/mol. The van der Waals surface area contributed by atoms with Crippen molar-refractivity contribution in [1.82, 2.24) is 5.01 Å². The van der Waals surface area contributed by atoms with E-state index in [9.17, 15) is 18.0 Å². The number of halogens is 5. The maximum absolute atomic E-state index is 12.9. The quantitative estimate of drug-likeness (QED) is 0.464. The van der Waals surface area contributed by atoms with Gasteiger partial charge in [0.15, 0.2) is 0 Å². The van der Waals surface area contributed by atoms with Crippen molar-refractivity contribution >= 4 is 36.5 Å². The van der Waals surface area contributed by atoms with Crippen molar-refractivity contribution in [2.24, 2.45) is 5.84 Å². The van der Waals surface area contributed by atoms with Crippen LogP contribution in [0.25, 0.3) is 0 Å². The van der Waals surface area contributed by atoms with Crippen molar-refractivity contribution in [3.05, 3.63) is 35.4 Å². The summed E-state index contributed by atoms with van der Waals surface area (Å²) in [5, 5.41) is 1.00. The van der Waals surface area contributed by atoms with Crippen LogP contribution in [-0.4, -0.2) is 21.7 Å². The molecule has 0 spiro atoms. The minimum atomic E-state index is -4.45. The number of hydrogen-bond donors (Lipinski definition) is 1. The molecule has 4 nitrogen and oxygen atoms in total. The Morgan fingerprint density at radius 3 is 2.36 bits per heavy atom. The Hall–Kier alpha value is -0.830. The van der Waals surface area contributed by atoms with Crippen LogP contribution >= 0.6 is 21.4 Å². The maximum Gasteiger partial charge on any atom is 0.416 e. The number of rotatable bonds is 1. The highest BCUT2D eigenvalue weighted by molar-refractivity contribution is 8.26. The number of nitrogens with two attached hydrogens (primary N) is 1. The molecule has 1 saturated heterocycles. The number of hydrogen-bond acceptors (Lipinski definition) is 3. The molecule has 0 saturated carbocycles. The lowest BCUT2D eigenvalue weighted by Crippen LogP contribution is -2.45. The van der Waals surface area contributed by atoms with Crippen LogP contribution in [0.5, 0.6) is 0 Å². The second-order valence-corrected chi connectivity index (χ2v) is 7.02. The van der Waals surface area contributed by atoms with Crippen molar-refractivity contribution in [2.75, 3.05) is 6.54 Å². The summed E-state index contributed by atoms with van der Waals surface area (Å²) in [6, 6.07) is 5.18. The summed E-state index contributed by atoms with van der Waals surface area (Å²) in [5.41, 5.74) is -0.733. The first-order valence-electron chi connectivity index (χ1n) is 6.11. The van der Waals surface area contributed by atoms with Gasteiger partial charge in [-0.05, 0) is 24.5 Å². The molecule has 1 aliphatic heterocycles. The molecule has 1 aromatic carbocycles. The average molecular weight is 377 g/mol. The van der Waals surface area contributed by atoms with E-state index in [-0.39, 0.29) is 5.56 Å². The number of piperidine rings is 1. The largest absolute Gasteiger partial charge is 0.416 e. The van der Waals surface area contributed by atoms with E-state index in [0.29, 0.717) is 19.4 Å². The predicted octanol–water partition coefficient (Wildman–Crippen LogP) is 3.33. The molecule has 2 rings (SSSR count). The summed E-state index contributed by atoms with van der Waals surface area (Å²) in [7, 11) is 7.36. The zero-order valence-corrected chi connectivity index (χ0v) is 13.5. The second kappa shape index (κ2) is 8.14. The van der Waals surface area contributed by atoms with E-state index in [1.807, 2.05) is 0 Å². The van der Waals surface area contributed by atoms with Crippen LogP contribution < -0.4 is 5.84 Å². The maximum atomic E-state index is 12.9. The molecule has 1 aliphatic rings. The number of amides is 1. The van der Waals surface area contributed by atoms with E-state index in [1.165, 1.54) is 18.2 Å². The highest BCUT2D eigenvalue weighted by atomic mass is 36.0. The normalized spacial score (nSPS) is 19.0. The highest BCUT2D eigenvalue weighted by Gasteiger charge is 2.38. The molecular weight excluding hydrogens is 364 g/mol. The van der Waals surface area contributed by atoms with Gasteiger partial charge in [-0.3, -0.25) is 9.80 Å². The van der Waals surface area contributed by atoms with Crippen molar-refractivity contribution in [3.63, 3.8) is 0 Å². The molecule has 0 radical (unpaired) electrons. The van der Waals surface area contributed by atoms with Gasteiger partial charge in [0, 0.05) is 27.9 Å². The van der Waals surface area contributed by atoms with Crippen LogP contribution in [0.15, 0.2) is 24.3 Å². The van der Waals surface area contributed by atoms with E-state index < -0.39 is 32.8 Å². The SMILES string of the molecule is NN1CCCC(c2ccccc2C(F)(F)F)C1=O.O=S(Cl)Cl. The molecular formula is C12H13Cl2F3N2O2S. The third-order valence-corrected chi connectivity index (χ3v) is 3.11. The molecule has 1 atom stereocenters. The van der Waals surface area contributed by atoms with Crippen LogP contribution in [0.2, 0.25) is 0 Å². The minimum absolute atomic E-state index is 0.0187. The van der Waals surface area contributed by atoms with Crippen molar-refractivity contribution in [1.29, 1.82) is 0 Å². The first-order valence-corrected chi connectivity index (χ1v) is 8.91. The molecule has 1 fully saturated rings. The third-order valence-electron chi connectivity index (χ3n) is 3.11. The Morgan fingerprint density at radius 2 is 1.82 bits per heavy atom. The van der Waals surface area contributed by atoms with Gasteiger partial charge in [0.2, 0.25) is 15.1 Å². The van der Waals surface area contributed by atoms with E-state index in [4.69, 9.17) is 10.1 Å². The number of benzene rings is 1. The Balaban J connectivity index is 0.000000541. The lowest BCUT2D eigenvalue weighted by atomic mass is 9.87. The number of carbonyl (C=O) groups is 1. The van der Waals surface area contributed by atoms with Gasteiger partial charge in [-0.1, -0.05) is 18.2 Å². The Morgan fingerprint density at radius 1 is 1.27 bits per heavy atom. The van der Waals surface area contributed by atoms with E-state index in [1.54, 1.807) is 0 Å². The Kier molecular flexibility index (Phi) is 7.11. The van der Waals surface area contributed by atoms with E-state index >= 15 is 0 Å². The lowest BCUT2D eigenvalue weighted by Gasteiger charge is -2.30. The molecule has 124 valence electrons. The fraction of sp³-hybridized carbons (Fsp3) is 0.417. The Labute approximate surface area is 136 Å². The summed E-state index contributed by atoms with van der Waals surface area (Å²) in [5.74, 6) is 4.23. The molecule has 0 bridgehead atoms. The zero-order valence-electron chi connectivity index (χ0n) is 11.1. The summed E-state index contributed by atoms with van der Waals surface area (Å²) >= 11 is 0. The highest BCUT2D eigenvalue weighted by Crippen LogP contribution is 2.38. The van der Waals surface area contributed by atoms with Gasteiger partial charge in [0.25, 0.3) is 0 Å². The summed E-state index contributed by atoms with van der Waals surface area (Å²) < 4.78 is 47.7. The molecule has 1 unspecified atom stereocenters. The van der Waals surface area contributed by atoms with Crippen LogP contribution in [0, 0.1) is 0 Å². The van der Waals surface area contributed by atoms with Gasteiger partial charge in [-0.15, -0.1) is 0 Å². The Bertz CT molecular complexity index is 553. The molecule has 1 aromatic rings. The first-order chi connectivity index (χ1) is 10.1. The van der Waals surface area contributed by atoms with Crippen LogP contribution in [0.1, 0.15) is 29.9 Å². The first kappa shape index (κ1) is 19.2. The molecule has 2 N–H and O–H groups in total. The van der Waals surface area contributed by atoms with E-state index in [2.05, 4.69) is 21.4 Å². The van der Waals surface area contributed by atoms with Crippen LogP contribution in [0.3, 0.4) is 0 Å². The van der Waals surface area contributed by atoms with Gasteiger partial charge in [-0.25, -0.2) is 10.1 Å². The summed E-state index contributed by atoms with van der Waals surface area (Å²) in [6.07, 6.45) is -3.44. The standard InChI is InChI=1S/C12H13F3N2O.Cl2OS/c13-12(14,15)10-6-2-1-4-8(10)9-5-3-7-17(16)11(9)18;1-4(2)3/h1-2,4,6,9H,3,5,7,16H2;. The zero-order chi connectivity index (χ0) is 16.9. The minimum Gasteiger partial charge on any atom is -0.280 e. The smallest absolute Gasteiger partial charge is 0.280 e. The number of carbonyl (C=O) groups excluding carboxylic acids is 1.